The number of fused-ring (bicyclic) bond motifs is 1. The Morgan fingerprint density at radius 1 is 1.18 bits per heavy atom. The lowest BCUT2D eigenvalue weighted by Gasteiger charge is -2.36. The van der Waals surface area contributed by atoms with Crippen LogP contribution in [0.1, 0.15) is 73.9 Å². The van der Waals surface area contributed by atoms with Crippen molar-refractivity contribution >= 4 is 22.5 Å². The van der Waals surface area contributed by atoms with Crippen molar-refractivity contribution in [1.82, 2.24) is 9.88 Å². The number of hydrogen-bond acceptors (Lipinski definition) is 4. The first-order chi connectivity index (χ1) is 13.4. The molecule has 1 aromatic heterocycles. The molecule has 0 spiro atoms. The first kappa shape index (κ1) is 19.9. The third kappa shape index (κ3) is 4.27. The van der Waals surface area contributed by atoms with Crippen LogP contribution in [0.15, 0.2) is 6.20 Å². The molecule has 4 rings (SSSR count). The molecule has 6 heteroatoms. The van der Waals surface area contributed by atoms with Crippen LogP contribution in [0.2, 0.25) is 0 Å². The van der Waals surface area contributed by atoms with Crippen LogP contribution in [0, 0.1) is 5.41 Å². The molecule has 1 unspecified atom stereocenters. The first-order valence-corrected chi connectivity index (χ1v) is 12.3. The Morgan fingerprint density at radius 3 is 2.61 bits per heavy atom. The van der Waals surface area contributed by atoms with E-state index < -0.39 is 10.8 Å². The highest BCUT2D eigenvalue weighted by atomic mass is 32.2. The maximum Gasteiger partial charge on any atom is 0.255 e. The molecule has 1 saturated carbocycles. The van der Waals surface area contributed by atoms with Gasteiger partial charge in [-0.3, -0.25) is 9.00 Å². The molecule has 154 valence electrons. The van der Waals surface area contributed by atoms with Gasteiger partial charge in [-0.15, -0.1) is 0 Å². The lowest BCUT2D eigenvalue weighted by molar-refractivity contribution is 0.0769. The zero-order chi connectivity index (χ0) is 19.7. The smallest absolute Gasteiger partial charge is 0.255 e. The quantitative estimate of drug-likeness (QED) is 0.838. The second-order valence-corrected chi connectivity index (χ2v) is 11.1. The number of carbonyl (C=O) groups is 1. The molecule has 3 aliphatic rings. The van der Waals surface area contributed by atoms with Gasteiger partial charge in [0.25, 0.3) is 5.91 Å². The summed E-state index contributed by atoms with van der Waals surface area (Å²) >= 11 is 0. The largest absolute Gasteiger partial charge is 0.367 e. The van der Waals surface area contributed by atoms with E-state index in [2.05, 4.69) is 19.2 Å². The van der Waals surface area contributed by atoms with Crippen LogP contribution in [-0.4, -0.2) is 50.6 Å². The normalized spacial score (nSPS) is 25.2. The summed E-state index contributed by atoms with van der Waals surface area (Å²) in [5.41, 5.74) is 3.63. The van der Waals surface area contributed by atoms with Crippen LogP contribution in [-0.2, 0) is 23.6 Å². The molecular weight excluding hydrogens is 370 g/mol. The maximum absolute atomic E-state index is 13.1. The molecule has 1 atom stereocenters. The molecular formula is C22H33N3O2S. The van der Waals surface area contributed by atoms with Crippen molar-refractivity contribution < 1.29 is 9.00 Å². The molecule has 1 aliphatic heterocycles. The highest BCUT2D eigenvalue weighted by Crippen LogP contribution is 2.37. The number of aromatic nitrogens is 1. The van der Waals surface area contributed by atoms with Crippen LogP contribution in [0.4, 0.5) is 5.82 Å². The maximum atomic E-state index is 13.1. The van der Waals surface area contributed by atoms with Crippen molar-refractivity contribution in [1.29, 1.82) is 0 Å². The van der Waals surface area contributed by atoms with Gasteiger partial charge in [0.1, 0.15) is 5.82 Å². The standard InChI is InChI=1S/C22H33N3O2S/c1-22(2)9-5-6-16(14-22)24-20-18-8-4-3-7-17(18)19(15-23-20)21(26)25-10-12-28(27)13-11-25/h15-16H,3-14H2,1-2H3,(H,23,24). The first-order valence-electron chi connectivity index (χ1n) is 10.8. The SMILES string of the molecule is CC1(C)CCCC(Nc2ncc(C(=O)N3CCS(=O)CC3)c3c2CCCC3)C1. The average Bonchev–Trinajstić information content (AvgIpc) is 2.68. The number of anilines is 1. The molecule has 1 N–H and O–H groups in total. The van der Waals surface area contributed by atoms with E-state index >= 15 is 0 Å². The van der Waals surface area contributed by atoms with Gasteiger partial charge in [0, 0.05) is 47.6 Å². The molecule has 0 radical (unpaired) electrons. The van der Waals surface area contributed by atoms with E-state index in [9.17, 15) is 9.00 Å². The number of hydrogen-bond donors (Lipinski definition) is 1. The fourth-order valence-electron chi connectivity index (χ4n) is 5.08. The lowest BCUT2D eigenvalue weighted by Crippen LogP contribution is -2.42. The molecule has 1 amide bonds. The monoisotopic (exact) mass is 403 g/mol. The van der Waals surface area contributed by atoms with E-state index in [1.54, 1.807) is 6.20 Å². The minimum absolute atomic E-state index is 0.0766. The van der Waals surface area contributed by atoms with Gasteiger partial charge in [-0.05, 0) is 61.5 Å². The van der Waals surface area contributed by atoms with Gasteiger partial charge in [-0.2, -0.15) is 0 Å². The number of pyridine rings is 1. The van der Waals surface area contributed by atoms with Crippen molar-refractivity contribution in [2.45, 2.75) is 71.3 Å². The van der Waals surface area contributed by atoms with Crippen molar-refractivity contribution in [2.75, 3.05) is 29.9 Å². The second-order valence-electron chi connectivity index (χ2n) is 9.43. The Morgan fingerprint density at radius 2 is 1.89 bits per heavy atom. The molecule has 0 aromatic carbocycles. The molecule has 1 saturated heterocycles. The van der Waals surface area contributed by atoms with Crippen LogP contribution in [0.5, 0.6) is 0 Å². The van der Waals surface area contributed by atoms with Crippen LogP contribution in [0.25, 0.3) is 0 Å². The minimum Gasteiger partial charge on any atom is -0.367 e. The molecule has 1 aromatic rings. The zero-order valence-electron chi connectivity index (χ0n) is 17.3. The van der Waals surface area contributed by atoms with E-state index in [0.29, 0.717) is 36.1 Å². The Hall–Kier alpha value is -1.43. The molecule has 2 heterocycles. The number of rotatable bonds is 3. The highest BCUT2D eigenvalue weighted by molar-refractivity contribution is 7.85. The number of carbonyl (C=O) groups excluding carboxylic acids is 1. The highest BCUT2D eigenvalue weighted by Gasteiger charge is 2.30. The van der Waals surface area contributed by atoms with Crippen LogP contribution >= 0.6 is 0 Å². The predicted molar refractivity (Wildman–Crippen MR) is 114 cm³/mol. The third-order valence-corrected chi connectivity index (χ3v) is 7.92. The van der Waals surface area contributed by atoms with Gasteiger partial charge < -0.3 is 10.2 Å². The number of nitrogens with one attached hydrogen (secondary N) is 1. The molecule has 28 heavy (non-hydrogen) atoms. The van der Waals surface area contributed by atoms with Gasteiger partial charge in [0.05, 0.1) is 5.56 Å². The van der Waals surface area contributed by atoms with Crippen LogP contribution in [0.3, 0.4) is 0 Å². The summed E-state index contributed by atoms with van der Waals surface area (Å²) in [6, 6.07) is 0.473. The van der Waals surface area contributed by atoms with E-state index in [1.165, 1.54) is 43.2 Å². The Balaban J connectivity index is 1.57. The molecule has 2 aliphatic carbocycles. The summed E-state index contributed by atoms with van der Waals surface area (Å²) in [5, 5.41) is 3.74. The zero-order valence-corrected chi connectivity index (χ0v) is 18.1. The number of amides is 1. The fraction of sp³-hybridized carbons (Fsp3) is 0.727. The van der Waals surface area contributed by atoms with E-state index in [1.807, 2.05) is 4.90 Å². The van der Waals surface area contributed by atoms with E-state index in [-0.39, 0.29) is 5.91 Å². The Labute approximate surface area is 171 Å². The van der Waals surface area contributed by atoms with E-state index in [0.717, 1.165) is 30.6 Å². The summed E-state index contributed by atoms with van der Waals surface area (Å²) in [5.74, 6) is 2.28. The summed E-state index contributed by atoms with van der Waals surface area (Å²) in [6.45, 7) is 5.91. The summed E-state index contributed by atoms with van der Waals surface area (Å²) in [7, 11) is -0.770. The summed E-state index contributed by atoms with van der Waals surface area (Å²) < 4.78 is 11.6. The predicted octanol–water partition coefficient (Wildman–Crippen LogP) is 3.55. The lowest BCUT2D eigenvalue weighted by atomic mass is 9.75. The van der Waals surface area contributed by atoms with E-state index in [4.69, 9.17) is 4.98 Å². The fourth-order valence-corrected chi connectivity index (χ4v) is 6.14. The molecule has 5 nitrogen and oxygen atoms in total. The van der Waals surface area contributed by atoms with Gasteiger partial charge in [-0.1, -0.05) is 20.3 Å². The van der Waals surface area contributed by atoms with Crippen molar-refractivity contribution in [2.24, 2.45) is 5.41 Å². The Bertz CT molecular complexity index is 767. The van der Waals surface area contributed by atoms with Gasteiger partial charge in [0.15, 0.2) is 0 Å². The minimum atomic E-state index is -0.770. The molecule has 0 bridgehead atoms. The van der Waals surface area contributed by atoms with Crippen molar-refractivity contribution in [3.8, 4) is 0 Å². The van der Waals surface area contributed by atoms with Gasteiger partial charge in [0.2, 0.25) is 0 Å². The summed E-state index contributed by atoms with van der Waals surface area (Å²) in [6.07, 6.45) is 11.0. The summed E-state index contributed by atoms with van der Waals surface area (Å²) in [4.78, 5) is 19.7. The second kappa shape index (κ2) is 8.13. The third-order valence-electron chi connectivity index (χ3n) is 6.64. The number of nitrogens with zero attached hydrogens (tertiary/aromatic N) is 2. The van der Waals surface area contributed by atoms with Crippen molar-refractivity contribution in [3.63, 3.8) is 0 Å². The van der Waals surface area contributed by atoms with Crippen LogP contribution < -0.4 is 5.32 Å². The molecule has 2 fully saturated rings. The topological polar surface area (TPSA) is 62.3 Å². The Kier molecular flexibility index (Phi) is 5.77. The van der Waals surface area contributed by atoms with Gasteiger partial charge in [-0.25, -0.2) is 4.98 Å². The van der Waals surface area contributed by atoms with Crippen molar-refractivity contribution in [3.05, 3.63) is 22.9 Å². The van der Waals surface area contributed by atoms with Gasteiger partial charge >= 0.3 is 0 Å². The average molecular weight is 404 g/mol.